The van der Waals surface area contributed by atoms with Gasteiger partial charge in [0.2, 0.25) is 0 Å². The fourth-order valence-corrected chi connectivity index (χ4v) is 4.90. The molecule has 4 heteroatoms. The Bertz CT molecular complexity index is 1270. The maximum atomic E-state index is 13.4. The third-order valence-electron chi connectivity index (χ3n) is 6.48. The third-order valence-corrected chi connectivity index (χ3v) is 6.48. The van der Waals surface area contributed by atoms with Crippen molar-refractivity contribution in [3.05, 3.63) is 118 Å². The van der Waals surface area contributed by atoms with Crippen LogP contribution >= 0.6 is 0 Å². The standard InChI is InChI=1S/C29H26N2O2/c1-19-15-17-21(18-16-19)28(33)27-25(20-9-4-2-5-10-20)26-23(13-8-14-24(26)32)31(29(27)30)22-11-6-3-7-12-22/h2-7,9-12,15-18,25,30,33H,8,13-14H2,1H3/b28-27+,30-29?/t25-/m0/s1. The first-order valence-electron chi connectivity index (χ1n) is 11.3. The molecular formula is C29H26N2O2. The number of amidine groups is 1. The number of hydrogen-bond acceptors (Lipinski definition) is 3. The van der Waals surface area contributed by atoms with Crippen LogP contribution in [0.1, 0.15) is 41.9 Å². The largest absolute Gasteiger partial charge is 0.507 e. The second-order valence-corrected chi connectivity index (χ2v) is 8.63. The van der Waals surface area contributed by atoms with Crippen molar-refractivity contribution in [1.29, 1.82) is 5.41 Å². The predicted octanol–water partition coefficient (Wildman–Crippen LogP) is 6.55. The highest BCUT2D eigenvalue weighted by atomic mass is 16.3. The van der Waals surface area contributed by atoms with Crippen LogP contribution in [-0.2, 0) is 4.79 Å². The van der Waals surface area contributed by atoms with Gasteiger partial charge >= 0.3 is 0 Å². The number of hydrogen-bond donors (Lipinski definition) is 2. The molecule has 0 bridgehead atoms. The molecule has 0 fully saturated rings. The predicted molar refractivity (Wildman–Crippen MR) is 132 cm³/mol. The van der Waals surface area contributed by atoms with Crippen LogP contribution in [0.25, 0.3) is 5.76 Å². The van der Waals surface area contributed by atoms with Gasteiger partial charge in [-0.15, -0.1) is 0 Å². The lowest BCUT2D eigenvalue weighted by atomic mass is 9.73. The molecule has 1 heterocycles. The number of aliphatic hydroxyl groups is 1. The van der Waals surface area contributed by atoms with Gasteiger partial charge in [-0.3, -0.25) is 15.1 Å². The molecule has 0 unspecified atom stereocenters. The van der Waals surface area contributed by atoms with Crippen LogP contribution in [0.3, 0.4) is 0 Å². The molecule has 0 saturated carbocycles. The van der Waals surface area contributed by atoms with E-state index in [1.165, 1.54) is 0 Å². The molecule has 1 aliphatic carbocycles. The number of anilines is 1. The molecule has 2 aliphatic rings. The molecule has 0 amide bonds. The van der Waals surface area contributed by atoms with E-state index in [4.69, 9.17) is 0 Å². The van der Waals surface area contributed by atoms with Gasteiger partial charge in [-0.1, -0.05) is 78.4 Å². The molecule has 0 spiro atoms. The fourth-order valence-electron chi connectivity index (χ4n) is 4.90. The van der Waals surface area contributed by atoms with Gasteiger partial charge in [0, 0.05) is 40.4 Å². The number of allylic oxidation sites excluding steroid dienone is 2. The number of aliphatic hydroxyl groups excluding tert-OH is 1. The van der Waals surface area contributed by atoms with Gasteiger partial charge in [-0.05, 0) is 37.5 Å². The zero-order valence-electron chi connectivity index (χ0n) is 18.6. The number of benzene rings is 3. The highest BCUT2D eigenvalue weighted by Crippen LogP contribution is 2.47. The zero-order valence-corrected chi connectivity index (χ0v) is 18.6. The molecule has 1 atom stereocenters. The Morgan fingerprint density at radius 3 is 2.21 bits per heavy atom. The van der Waals surface area contributed by atoms with E-state index in [-0.39, 0.29) is 17.4 Å². The summed E-state index contributed by atoms with van der Waals surface area (Å²) in [5, 5.41) is 20.9. The fraction of sp³-hybridized carbons (Fsp3) is 0.172. The Morgan fingerprint density at radius 1 is 0.909 bits per heavy atom. The number of ketones is 1. The molecule has 4 nitrogen and oxygen atoms in total. The first-order chi connectivity index (χ1) is 16.1. The van der Waals surface area contributed by atoms with Crippen LogP contribution in [0.5, 0.6) is 0 Å². The van der Waals surface area contributed by atoms with Crippen LogP contribution < -0.4 is 4.90 Å². The number of carbonyl (C=O) groups excluding carboxylic acids is 1. The lowest BCUT2D eigenvalue weighted by molar-refractivity contribution is -0.116. The normalized spacial score (nSPS) is 20.0. The van der Waals surface area contributed by atoms with Crippen LogP contribution in [-0.4, -0.2) is 16.7 Å². The Morgan fingerprint density at radius 2 is 1.55 bits per heavy atom. The van der Waals surface area contributed by atoms with E-state index in [9.17, 15) is 15.3 Å². The van der Waals surface area contributed by atoms with E-state index < -0.39 is 5.92 Å². The maximum Gasteiger partial charge on any atom is 0.161 e. The van der Waals surface area contributed by atoms with Crippen LogP contribution in [0, 0.1) is 12.3 Å². The lowest BCUT2D eigenvalue weighted by Gasteiger charge is -2.41. The number of nitrogens with zero attached hydrogens (tertiary/aromatic N) is 1. The van der Waals surface area contributed by atoms with Gasteiger partial charge in [-0.2, -0.15) is 0 Å². The van der Waals surface area contributed by atoms with E-state index in [0.717, 1.165) is 35.4 Å². The summed E-state index contributed by atoms with van der Waals surface area (Å²) in [6, 6.07) is 27.1. The van der Waals surface area contributed by atoms with Gasteiger partial charge < -0.3 is 5.11 Å². The summed E-state index contributed by atoms with van der Waals surface area (Å²) in [7, 11) is 0. The summed E-state index contributed by atoms with van der Waals surface area (Å²) < 4.78 is 0. The Hall–Kier alpha value is -3.92. The molecule has 0 radical (unpaired) electrons. The minimum Gasteiger partial charge on any atom is -0.507 e. The van der Waals surface area contributed by atoms with Crippen molar-refractivity contribution in [2.45, 2.75) is 32.1 Å². The lowest BCUT2D eigenvalue weighted by Crippen LogP contribution is -2.42. The van der Waals surface area contributed by atoms with Crippen LogP contribution in [0.15, 0.2) is 102 Å². The summed E-state index contributed by atoms with van der Waals surface area (Å²) in [6.07, 6.45) is 1.97. The van der Waals surface area contributed by atoms with E-state index in [2.05, 4.69) is 0 Å². The molecule has 2 N–H and O–H groups in total. The molecule has 5 rings (SSSR count). The number of aryl methyl sites for hydroxylation is 1. The topological polar surface area (TPSA) is 64.4 Å². The van der Waals surface area contributed by atoms with Gasteiger partial charge in [0.1, 0.15) is 11.6 Å². The van der Waals surface area contributed by atoms with E-state index in [1.807, 2.05) is 96.8 Å². The quantitative estimate of drug-likeness (QED) is 0.459. The van der Waals surface area contributed by atoms with Gasteiger partial charge in [-0.25, -0.2) is 0 Å². The number of nitrogens with one attached hydrogen (secondary N) is 1. The second kappa shape index (κ2) is 8.55. The number of rotatable bonds is 3. The number of carbonyl (C=O) groups is 1. The number of Topliss-reactive ketones (excluding diaryl/α,β-unsaturated/α-hetero) is 1. The molecule has 1 aliphatic heterocycles. The minimum atomic E-state index is -0.484. The van der Waals surface area contributed by atoms with Crippen LogP contribution in [0.4, 0.5) is 5.69 Å². The van der Waals surface area contributed by atoms with E-state index in [0.29, 0.717) is 23.1 Å². The van der Waals surface area contributed by atoms with Crippen LogP contribution in [0.2, 0.25) is 0 Å². The van der Waals surface area contributed by atoms with Gasteiger partial charge in [0.25, 0.3) is 0 Å². The van der Waals surface area contributed by atoms with Crippen molar-refractivity contribution < 1.29 is 9.90 Å². The Labute approximate surface area is 194 Å². The van der Waals surface area contributed by atoms with Gasteiger partial charge in [0.05, 0.1) is 0 Å². The second-order valence-electron chi connectivity index (χ2n) is 8.63. The first-order valence-corrected chi connectivity index (χ1v) is 11.3. The van der Waals surface area contributed by atoms with E-state index in [1.54, 1.807) is 0 Å². The van der Waals surface area contributed by atoms with Crippen molar-refractivity contribution >= 4 is 23.1 Å². The molecule has 164 valence electrons. The van der Waals surface area contributed by atoms with Crippen molar-refractivity contribution in [2.75, 3.05) is 4.90 Å². The highest BCUT2D eigenvalue weighted by Gasteiger charge is 2.43. The molecule has 3 aromatic rings. The summed E-state index contributed by atoms with van der Waals surface area (Å²) >= 11 is 0. The minimum absolute atomic E-state index is 0.0414. The average molecular weight is 435 g/mol. The Kier molecular flexibility index (Phi) is 5.43. The summed E-state index contributed by atoms with van der Waals surface area (Å²) in [5.74, 6) is -0.142. The smallest absolute Gasteiger partial charge is 0.161 e. The summed E-state index contributed by atoms with van der Waals surface area (Å²) in [4.78, 5) is 15.2. The van der Waals surface area contributed by atoms with E-state index >= 15 is 0 Å². The first kappa shape index (κ1) is 21.0. The molecular weight excluding hydrogens is 408 g/mol. The Balaban J connectivity index is 1.82. The van der Waals surface area contributed by atoms with Crippen molar-refractivity contribution in [3.63, 3.8) is 0 Å². The molecule has 33 heavy (non-hydrogen) atoms. The summed E-state index contributed by atoms with van der Waals surface area (Å²) in [5.41, 5.74) is 5.49. The van der Waals surface area contributed by atoms with Crippen molar-refractivity contribution in [1.82, 2.24) is 0 Å². The molecule has 3 aromatic carbocycles. The average Bonchev–Trinajstić information content (AvgIpc) is 2.84. The molecule has 0 aromatic heterocycles. The third kappa shape index (κ3) is 3.68. The zero-order chi connectivity index (χ0) is 22.9. The SMILES string of the molecule is Cc1ccc(/C(O)=C2\C(=N)N(c3ccccc3)C3=C(C(=O)CCC3)[C@@H]2c2ccccc2)cc1. The summed E-state index contributed by atoms with van der Waals surface area (Å²) in [6.45, 7) is 2.00. The number of para-hydroxylation sites is 1. The monoisotopic (exact) mass is 434 g/mol. The van der Waals surface area contributed by atoms with Crippen molar-refractivity contribution in [3.8, 4) is 0 Å². The molecule has 0 saturated heterocycles. The van der Waals surface area contributed by atoms with Gasteiger partial charge in [0.15, 0.2) is 5.78 Å². The maximum absolute atomic E-state index is 13.4. The van der Waals surface area contributed by atoms with Crippen molar-refractivity contribution in [2.24, 2.45) is 0 Å². The highest BCUT2D eigenvalue weighted by molar-refractivity contribution is 6.19.